The molecule has 640 valence electrons. The molecule has 0 unspecified atom stereocenters. The van der Waals surface area contributed by atoms with Crippen molar-refractivity contribution in [3.63, 3.8) is 0 Å². The van der Waals surface area contributed by atoms with Gasteiger partial charge in [0, 0.05) is 130 Å². The number of rotatable bonds is 11. The van der Waals surface area contributed by atoms with E-state index in [1.165, 1.54) is 151 Å². The molecular formula is C125H79N11S. The van der Waals surface area contributed by atoms with Gasteiger partial charge >= 0.3 is 0 Å². The predicted octanol–water partition coefficient (Wildman–Crippen LogP) is 32.5. The van der Waals surface area contributed by atoms with Crippen LogP contribution in [0, 0.1) is 0 Å². The number of hydrogen-bond donors (Lipinski definition) is 0. The van der Waals surface area contributed by atoms with Gasteiger partial charge < -0.3 is 18.3 Å². The number of thiophene rings is 1. The van der Waals surface area contributed by atoms with Gasteiger partial charge in [-0.2, -0.15) is 9.97 Å². The van der Waals surface area contributed by atoms with Crippen molar-refractivity contribution in [2.45, 2.75) is 0 Å². The second kappa shape index (κ2) is 32.4. The minimum atomic E-state index is 0.593. The molecule has 0 aliphatic rings. The van der Waals surface area contributed by atoms with Crippen molar-refractivity contribution in [1.29, 1.82) is 0 Å². The van der Waals surface area contributed by atoms with Gasteiger partial charge in [-0.05, 0) is 168 Å². The predicted molar refractivity (Wildman–Crippen MR) is 572 cm³/mol. The largest absolute Gasteiger partial charge is 0.309 e. The van der Waals surface area contributed by atoms with Crippen LogP contribution in [0.1, 0.15) is 0 Å². The van der Waals surface area contributed by atoms with Crippen molar-refractivity contribution in [3.8, 4) is 90.9 Å². The van der Waals surface area contributed by atoms with E-state index >= 15 is 0 Å². The number of aromatic nitrogens is 11. The lowest BCUT2D eigenvalue weighted by Gasteiger charge is -2.12. The molecule has 0 saturated carbocycles. The first-order valence-corrected chi connectivity index (χ1v) is 47.2. The quantitative estimate of drug-likeness (QED) is 0.129. The Kier molecular flexibility index (Phi) is 18.6. The smallest absolute Gasteiger partial charge is 0.238 e. The summed E-state index contributed by atoms with van der Waals surface area (Å²) in [4.78, 5) is 25.5. The fraction of sp³-hybridized carbons (Fsp3) is 0. The zero-order valence-electron chi connectivity index (χ0n) is 73.9. The highest BCUT2D eigenvalue weighted by Crippen LogP contribution is 2.48. The third-order valence-electron chi connectivity index (χ3n) is 27.2. The first-order valence-electron chi connectivity index (χ1n) is 46.4. The van der Waals surface area contributed by atoms with Crippen molar-refractivity contribution >= 4 is 173 Å². The maximum absolute atomic E-state index is 5.26. The minimum Gasteiger partial charge on any atom is -0.309 e. The SMILES string of the molecule is c1ccc(-c2nc(-c3ccccc3)nc(-n3c4ccccc4c4c5c6ccccc6n(-c6ccccc6)c5ccc43)n2)cc1.c1ccc(-c2nc(-n3c4ccccc4c4c5c6ccccc6n(-c6ccccc6)c5ccc43)nc3ccccc23)cc1.c1ccc(-n2c3ccccc3c3cc(-c4ccc5c(c4)c4ccccc4n5-c4ccc(-c5cccc6c5sc5ccccc56)cc4)ccc32)cc1. The Morgan fingerprint density at radius 2 is 0.474 bits per heavy atom. The van der Waals surface area contributed by atoms with Crippen LogP contribution in [-0.2, 0) is 0 Å². The van der Waals surface area contributed by atoms with Gasteiger partial charge in [0.1, 0.15) is 0 Å². The summed E-state index contributed by atoms with van der Waals surface area (Å²) in [7, 11) is 0. The van der Waals surface area contributed by atoms with Gasteiger partial charge in [0.05, 0.1) is 77.4 Å². The van der Waals surface area contributed by atoms with Crippen LogP contribution in [0.3, 0.4) is 0 Å². The van der Waals surface area contributed by atoms with Crippen molar-refractivity contribution < 1.29 is 0 Å². The van der Waals surface area contributed by atoms with E-state index in [-0.39, 0.29) is 0 Å². The Labute approximate surface area is 790 Å². The Hall–Kier alpha value is -18.2. The lowest BCUT2D eigenvalue weighted by atomic mass is 10.0. The fourth-order valence-electron chi connectivity index (χ4n) is 21.3. The maximum atomic E-state index is 5.26. The number of hydrogen-bond acceptors (Lipinski definition) is 6. The molecule has 29 rings (SSSR count). The van der Waals surface area contributed by atoms with Gasteiger partial charge in [-0.3, -0.25) is 9.13 Å². The minimum absolute atomic E-state index is 0.593. The van der Waals surface area contributed by atoms with Gasteiger partial charge in [0.15, 0.2) is 11.6 Å². The highest BCUT2D eigenvalue weighted by molar-refractivity contribution is 7.26. The van der Waals surface area contributed by atoms with Crippen molar-refractivity contribution in [3.05, 3.63) is 479 Å². The Morgan fingerprint density at radius 3 is 0.920 bits per heavy atom. The van der Waals surface area contributed by atoms with Crippen molar-refractivity contribution in [1.82, 2.24) is 52.3 Å². The molecule has 9 aromatic heterocycles. The maximum Gasteiger partial charge on any atom is 0.238 e. The number of benzene rings is 20. The molecule has 29 aromatic rings. The fourth-order valence-corrected chi connectivity index (χ4v) is 22.5. The molecule has 0 amide bonds. The zero-order chi connectivity index (χ0) is 90.1. The lowest BCUT2D eigenvalue weighted by molar-refractivity contribution is 0.953. The summed E-state index contributed by atoms with van der Waals surface area (Å²) < 4.78 is 16.6. The second-order valence-corrected chi connectivity index (χ2v) is 35.9. The summed E-state index contributed by atoms with van der Waals surface area (Å²) in [6.45, 7) is 0. The molecule has 0 N–H and O–H groups in total. The van der Waals surface area contributed by atoms with Crippen LogP contribution >= 0.6 is 11.3 Å². The average molecular weight is 1770 g/mol. The normalized spacial score (nSPS) is 11.8. The molecule has 0 aliphatic heterocycles. The molecule has 12 heteroatoms. The monoisotopic (exact) mass is 1770 g/mol. The first kappa shape index (κ1) is 78.6. The molecule has 0 saturated heterocycles. The Balaban J connectivity index is 0.000000104. The molecule has 0 bridgehead atoms. The van der Waals surface area contributed by atoms with Gasteiger partial charge in [0.2, 0.25) is 11.9 Å². The molecule has 11 nitrogen and oxygen atoms in total. The van der Waals surface area contributed by atoms with Crippen LogP contribution in [0.2, 0.25) is 0 Å². The Bertz CT molecular complexity index is 9780. The molecule has 0 aliphatic carbocycles. The van der Waals surface area contributed by atoms with Gasteiger partial charge in [-0.1, -0.05) is 334 Å². The second-order valence-electron chi connectivity index (χ2n) is 34.9. The summed E-state index contributed by atoms with van der Waals surface area (Å²) in [6, 6.07) is 170. The third-order valence-corrected chi connectivity index (χ3v) is 28.5. The zero-order valence-corrected chi connectivity index (χ0v) is 74.8. The van der Waals surface area contributed by atoms with Gasteiger partial charge in [0.25, 0.3) is 0 Å². The molecule has 137 heavy (non-hydrogen) atoms. The Morgan fingerprint density at radius 1 is 0.168 bits per heavy atom. The molecule has 0 atom stereocenters. The van der Waals surface area contributed by atoms with E-state index < -0.39 is 0 Å². The number of fused-ring (bicyclic) bond motifs is 24. The summed E-state index contributed by atoms with van der Waals surface area (Å²) >= 11 is 1.88. The third kappa shape index (κ3) is 12.9. The van der Waals surface area contributed by atoms with E-state index in [9.17, 15) is 0 Å². The van der Waals surface area contributed by atoms with Crippen LogP contribution in [0.4, 0.5) is 0 Å². The first-order chi connectivity index (χ1) is 68.0. The van der Waals surface area contributed by atoms with Crippen LogP contribution in [-0.4, -0.2) is 52.3 Å². The van der Waals surface area contributed by atoms with E-state index in [2.05, 4.69) is 434 Å². The molecule has 0 fully saturated rings. The molecule has 20 aromatic carbocycles. The summed E-state index contributed by atoms with van der Waals surface area (Å²) in [5, 5.41) is 18.4. The van der Waals surface area contributed by atoms with Crippen LogP contribution in [0.25, 0.3) is 253 Å². The van der Waals surface area contributed by atoms with Crippen LogP contribution in [0.15, 0.2) is 479 Å². The molecular weight excluding hydrogens is 1690 g/mol. The highest BCUT2D eigenvalue weighted by Gasteiger charge is 2.27. The number of nitrogens with zero attached hydrogens (tertiary/aromatic N) is 11. The van der Waals surface area contributed by atoms with E-state index in [1.807, 2.05) is 84.1 Å². The van der Waals surface area contributed by atoms with Crippen LogP contribution < -0.4 is 0 Å². The summed E-state index contributed by atoms with van der Waals surface area (Å²) in [5.74, 6) is 2.55. The lowest BCUT2D eigenvalue weighted by Crippen LogP contribution is -2.06. The number of para-hydroxylation sites is 10. The van der Waals surface area contributed by atoms with Crippen LogP contribution in [0.5, 0.6) is 0 Å². The van der Waals surface area contributed by atoms with Crippen molar-refractivity contribution in [2.75, 3.05) is 0 Å². The molecule has 0 radical (unpaired) electrons. The van der Waals surface area contributed by atoms with E-state index in [1.54, 1.807) is 0 Å². The molecule has 9 heterocycles. The average Bonchev–Trinajstić information content (AvgIpc) is 1.54. The van der Waals surface area contributed by atoms with E-state index in [0.717, 1.165) is 77.8 Å². The standard InChI is InChI=1S/C48H30N2S.C39H25N5.C38H24N4/c1-2-11-34(12-3-1)49-43-18-7-4-13-37(43)41-29-32(23-27-45(41)49)33-24-28-46-42(30-33)38-14-5-8-19-44(38)50(46)35-25-21-31(22-26-35)36-16-10-17-40-39-15-6-9-20-47(39)51-48(36)40;1-4-14-26(15-5-1)37-40-38(27-16-6-2-7-17-27)42-39(41-37)44-32-23-13-11-21-30(32)36-34(44)25-24-33-35(36)29-20-10-12-22-31(29)43(33)28-18-8-3-9-19-28;1-3-13-25(14-4-1)37-27-17-7-10-20-30(27)39-38(40-37)42-32-22-12-9-19-29(32)36-34(42)24-23-33-35(36)28-18-8-11-21-31(28)41(33)26-15-5-2-6-16-26/h1-30H;1-25H;1-24H. The highest BCUT2D eigenvalue weighted by atomic mass is 32.1. The van der Waals surface area contributed by atoms with Crippen molar-refractivity contribution in [2.24, 2.45) is 0 Å². The van der Waals surface area contributed by atoms with E-state index in [0.29, 0.717) is 23.5 Å². The summed E-state index contributed by atoms with van der Waals surface area (Å²) in [6.07, 6.45) is 0. The molecule has 0 spiro atoms. The topological polar surface area (TPSA) is 94.0 Å². The van der Waals surface area contributed by atoms with Gasteiger partial charge in [-0.15, -0.1) is 11.3 Å². The summed E-state index contributed by atoms with van der Waals surface area (Å²) in [5.41, 5.74) is 28.3. The van der Waals surface area contributed by atoms with E-state index in [4.69, 9.17) is 24.9 Å². The van der Waals surface area contributed by atoms with Gasteiger partial charge in [-0.25, -0.2) is 15.0 Å².